The summed E-state index contributed by atoms with van der Waals surface area (Å²) >= 11 is 0. The fraction of sp³-hybridized carbons (Fsp3) is 0.947. The molecule has 0 spiro atoms. The SMILES string of the molecule is CC[C@H]1OC(=O)[C@H](C)[C@@H](O[C@H]2C[C@@](C)(OC)C[C@H](C)O2)[C@H](C)[C@@H](O[C@@H]2O[C@H](C)C[C@H](N(C)CC)[C@H]2O)[C@](C)(O)C[C@@H](C)C(=O)[C@H](C)[C@@H](O)[C@]1(C)O. The minimum Gasteiger partial charge on any atom is -0.459 e. The minimum absolute atomic E-state index is 0.0990. The van der Waals surface area contributed by atoms with Crippen LogP contribution in [0, 0.1) is 23.7 Å². The molecule has 0 aliphatic carbocycles. The van der Waals surface area contributed by atoms with E-state index in [-0.39, 0.29) is 36.9 Å². The number of rotatable bonds is 8. The highest BCUT2D eigenvalue weighted by atomic mass is 16.7. The van der Waals surface area contributed by atoms with E-state index in [0.717, 1.165) is 0 Å². The van der Waals surface area contributed by atoms with Crippen LogP contribution in [0.25, 0.3) is 0 Å². The average Bonchev–Trinajstić information content (AvgIpc) is 3.06. The quantitative estimate of drug-likeness (QED) is 0.269. The molecule has 298 valence electrons. The van der Waals surface area contributed by atoms with E-state index in [1.54, 1.807) is 41.7 Å². The van der Waals surface area contributed by atoms with Crippen LogP contribution in [-0.2, 0) is 38.0 Å². The van der Waals surface area contributed by atoms with Crippen LogP contribution in [0.4, 0.5) is 0 Å². The van der Waals surface area contributed by atoms with Gasteiger partial charge in [-0.1, -0.05) is 34.6 Å². The molecule has 3 rings (SSSR count). The molecule has 0 aromatic heterocycles. The largest absolute Gasteiger partial charge is 0.459 e. The summed E-state index contributed by atoms with van der Waals surface area (Å²) in [5.74, 6) is -4.71. The van der Waals surface area contributed by atoms with Crippen molar-refractivity contribution in [3.8, 4) is 0 Å². The Kier molecular flexibility index (Phi) is 15.1. The lowest BCUT2D eigenvalue weighted by atomic mass is 9.74. The van der Waals surface area contributed by atoms with Crippen molar-refractivity contribution in [3.05, 3.63) is 0 Å². The Morgan fingerprint density at radius 1 is 0.882 bits per heavy atom. The van der Waals surface area contributed by atoms with E-state index < -0.39 is 89.5 Å². The number of aliphatic hydroxyl groups excluding tert-OH is 2. The number of hydrogen-bond donors (Lipinski definition) is 4. The number of esters is 1. The molecule has 17 atom stereocenters. The molecule has 13 heteroatoms. The first-order valence-corrected chi connectivity index (χ1v) is 19.0. The molecule has 51 heavy (non-hydrogen) atoms. The first-order valence-electron chi connectivity index (χ1n) is 19.0. The summed E-state index contributed by atoms with van der Waals surface area (Å²) in [5, 5.41) is 47.0. The van der Waals surface area contributed by atoms with Gasteiger partial charge in [-0.25, -0.2) is 0 Å². The van der Waals surface area contributed by atoms with E-state index in [1.807, 2.05) is 39.6 Å². The molecular formula is C38H69NO12. The van der Waals surface area contributed by atoms with E-state index in [9.17, 15) is 30.0 Å². The number of hydrogen-bond acceptors (Lipinski definition) is 13. The molecule has 0 radical (unpaired) electrons. The zero-order valence-corrected chi connectivity index (χ0v) is 33.3. The van der Waals surface area contributed by atoms with Gasteiger partial charge in [0.05, 0.1) is 47.6 Å². The van der Waals surface area contributed by atoms with Crippen LogP contribution in [0.2, 0.25) is 0 Å². The summed E-state index contributed by atoms with van der Waals surface area (Å²) < 4.78 is 37.6. The number of ketones is 1. The van der Waals surface area contributed by atoms with Gasteiger partial charge in [-0.3, -0.25) is 9.59 Å². The zero-order chi connectivity index (χ0) is 38.8. The lowest BCUT2D eigenvalue weighted by molar-refractivity contribution is -0.310. The third kappa shape index (κ3) is 10.1. The number of ether oxygens (including phenoxy) is 6. The third-order valence-electron chi connectivity index (χ3n) is 11.9. The number of cyclic esters (lactones) is 1. The van der Waals surface area contributed by atoms with Gasteiger partial charge in [-0.2, -0.15) is 0 Å². The molecule has 3 aliphatic heterocycles. The second kappa shape index (κ2) is 17.5. The molecule has 0 saturated carbocycles. The fourth-order valence-corrected chi connectivity index (χ4v) is 8.62. The van der Waals surface area contributed by atoms with Gasteiger partial charge in [-0.15, -0.1) is 0 Å². The maximum Gasteiger partial charge on any atom is 0.311 e. The molecule has 0 aromatic rings. The number of likely N-dealkylation sites (N-methyl/N-ethyl adjacent to an activating group) is 1. The Labute approximate surface area is 305 Å². The van der Waals surface area contributed by atoms with Crippen LogP contribution in [0.5, 0.6) is 0 Å². The summed E-state index contributed by atoms with van der Waals surface area (Å²) in [6, 6.07) is -0.283. The molecule has 0 amide bonds. The Bertz CT molecular complexity index is 1150. The number of carbonyl (C=O) groups excluding carboxylic acids is 2. The average molecular weight is 732 g/mol. The van der Waals surface area contributed by atoms with Crippen molar-refractivity contribution >= 4 is 11.8 Å². The van der Waals surface area contributed by atoms with Crippen LogP contribution in [0.3, 0.4) is 0 Å². The van der Waals surface area contributed by atoms with Gasteiger partial charge in [0.15, 0.2) is 12.6 Å². The number of nitrogens with zero attached hydrogens (tertiary/aromatic N) is 1. The van der Waals surface area contributed by atoms with E-state index >= 15 is 0 Å². The molecule has 4 N–H and O–H groups in total. The maximum absolute atomic E-state index is 14.1. The molecule has 13 nitrogen and oxygen atoms in total. The highest BCUT2D eigenvalue weighted by Crippen LogP contribution is 2.40. The molecular weight excluding hydrogens is 662 g/mol. The third-order valence-corrected chi connectivity index (χ3v) is 11.9. The molecule has 0 aromatic carbocycles. The first kappa shape index (κ1) is 44.1. The Morgan fingerprint density at radius 3 is 2.08 bits per heavy atom. The Morgan fingerprint density at radius 2 is 1.51 bits per heavy atom. The summed E-state index contributed by atoms with van der Waals surface area (Å²) in [6.45, 7) is 19.8. The van der Waals surface area contributed by atoms with Crippen LogP contribution >= 0.6 is 0 Å². The van der Waals surface area contributed by atoms with E-state index in [0.29, 0.717) is 25.8 Å². The standard InChI is InChI=1S/C38H69NO12/c1-14-27-38(11,45)32(42)23(6)29(40)20(3)17-37(10,44)33(51-35-30(41)26(39(12)15-2)16-21(4)48-35)24(7)31(25(8)34(43)49-27)50-28-19-36(9,46-13)18-22(5)47-28/h20-28,30-33,35,41-42,44-45H,14-19H2,1-13H3/t20-,21-,22+,23+,24+,25-,26+,27-,28+,30-,31+,32-,33-,35+,36+,37-,38-/m1/s1. The monoisotopic (exact) mass is 731 g/mol. The maximum atomic E-state index is 14.1. The van der Waals surface area contributed by atoms with Crippen molar-refractivity contribution in [2.45, 2.75) is 186 Å². The minimum atomic E-state index is -1.96. The zero-order valence-electron chi connectivity index (χ0n) is 33.3. The van der Waals surface area contributed by atoms with Gasteiger partial charge in [0, 0.05) is 43.7 Å². The predicted molar refractivity (Wildman–Crippen MR) is 189 cm³/mol. The summed E-state index contributed by atoms with van der Waals surface area (Å²) in [4.78, 5) is 30.0. The predicted octanol–water partition coefficient (Wildman–Crippen LogP) is 3.20. The van der Waals surface area contributed by atoms with Crippen molar-refractivity contribution in [3.63, 3.8) is 0 Å². The Balaban J connectivity index is 2.17. The van der Waals surface area contributed by atoms with Crippen LogP contribution in [0.15, 0.2) is 0 Å². The highest BCUT2D eigenvalue weighted by molar-refractivity contribution is 5.83. The van der Waals surface area contributed by atoms with Crippen molar-refractivity contribution in [1.82, 2.24) is 4.90 Å². The van der Waals surface area contributed by atoms with Gasteiger partial charge < -0.3 is 53.7 Å². The van der Waals surface area contributed by atoms with E-state index in [1.165, 1.54) is 13.8 Å². The van der Waals surface area contributed by atoms with Gasteiger partial charge in [0.1, 0.15) is 23.6 Å². The van der Waals surface area contributed by atoms with Gasteiger partial charge in [-0.05, 0) is 74.4 Å². The van der Waals surface area contributed by atoms with Crippen LogP contribution in [-0.4, -0.2) is 136 Å². The topological polar surface area (TPSA) is 174 Å². The summed E-state index contributed by atoms with van der Waals surface area (Å²) in [7, 11) is 3.55. The molecule has 3 heterocycles. The van der Waals surface area contributed by atoms with E-state index in [2.05, 4.69) is 0 Å². The highest BCUT2D eigenvalue weighted by Gasteiger charge is 2.52. The first-order chi connectivity index (χ1) is 23.5. The van der Waals surface area contributed by atoms with Gasteiger partial charge >= 0.3 is 5.97 Å². The molecule has 3 saturated heterocycles. The molecule has 3 aliphatic rings. The van der Waals surface area contributed by atoms with Crippen LogP contribution < -0.4 is 0 Å². The fourth-order valence-electron chi connectivity index (χ4n) is 8.62. The Hall–Kier alpha value is -1.26. The van der Waals surface area contributed by atoms with Crippen molar-refractivity contribution in [1.29, 1.82) is 0 Å². The van der Waals surface area contributed by atoms with Crippen LogP contribution in [0.1, 0.15) is 108 Å². The van der Waals surface area contributed by atoms with Gasteiger partial charge in [0.25, 0.3) is 0 Å². The van der Waals surface area contributed by atoms with E-state index in [4.69, 9.17) is 28.4 Å². The molecule has 0 unspecified atom stereocenters. The lowest BCUT2D eigenvalue weighted by Crippen LogP contribution is -2.60. The normalized spacial score (nSPS) is 48.3. The van der Waals surface area contributed by atoms with Crippen molar-refractivity contribution in [2.75, 3.05) is 20.7 Å². The summed E-state index contributed by atoms with van der Waals surface area (Å²) in [6.07, 6.45) is -6.78. The number of carbonyl (C=O) groups is 2. The van der Waals surface area contributed by atoms with Gasteiger partial charge in [0.2, 0.25) is 0 Å². The van der Waals surface area contributed by atoms with Crippen molar-refractivity contribution in [2.24, 2.45) is 23.7 Å². The summed E-state index contributed by atoms with van der Waals surface area (Å²) in [5.41, 5.74) is -4.28. The second-order valence-corrected chi connectivity index (χ2v) is 16.6. The smallest absolute Gasteiger partial charge is 0.311 e. The second-order valence-electron chi connectivity index (χ2n) is 16.6. The molecule has 3 fully saturated rings. The molecule has 0 bridgehead atoms. The number of methoxy groups -OCH3 is 1. The lowest BCUT2D eigenvalue weighted by Gasteiger charge is -2.48. The van der Waals surface area contributed by atoms with Crippen molar-refractivity contribution < 1.29 is 58.4 Å². The number of aliphatic hydroxyl groups is 4. The number of Topliss-reactive ketones (excluding diaryl/α,β-unsaturated/α-hetero) is 1.